The third kappa shape index (κ3) is 5.45. The summed E-state index contributed by atoms with van der Waals surface area (Å²) in [5, 5.41) is 18.8. The second-order valence-electron chi connectivity index (χ2n) is 8.55. The first-order chi connectivity index (χ1) is 13.9. The van der Waals surface area contributed by atoms with Crippen LogP contribution in [0.5, 0.6) is 0 Å². The monoisotopic (exact) mass is 488 g/mol. The van der Waals surface area contributed by atoms with Crippen LogP contribution in [0.3, 0.4) is 0 Å². The Hall–Kier alpha value is -1.39. The predicted molar refractivity (Wildman–Crippen MR) is 121 cm³/mol. The number of carbonyl (C=O) groups is 1. The van der Waals surface area contributed by atoms with Gasteiger partial charge in [0.2, 0.25) is 0 Å². The fourth-order valence-electron chi connectivity index (χ4n) is 3.95. The molecule has 0 spiro atoms. The minimum Gasteiger partial charge on any atom is -0.348 e. The van der Waals surface area contributed by atoms with E-state index in [1.54, 1.807) is 0 Å². The number of halogens is 2. The van der Waals surface area contributed by atoms with Crippen molar-refractivity contribution < 1.29 is 9.72 Å². The van der Waals surface area contributed by atoms with E-state index in [9.17, 15) is 14.9 Å². The smallest absolute Gasteiger partial charge is 0.294 e. The van der Waals surface area contributed by atoms with Crippen LogP contribution in [0.15, 0.2) is 27.6 Å². The number of thiophene rings is 1. The first-order valence-electron chi connectivity index (χ1n) is 9.22. The third-order valence-electron chi connectivity index (χ3n) is 4.63. The van der Waals surface area contributed by atoms with Crippen LogP contribution in [0.25, 0.3) is 0 Å². The van der Waals surface area contributed by atoms with Gasteiger partial charge < -0.3 is 10.6 Å². The topological polar surface area (TPSA) is 97.2 Å². The molecular weight excluding hydrogens is 467 g/mol. The summed E-state index contributed by atoms with van der Waals surface area (Å²) < 4.78 is 0.339. The zero-order valence-corrected chi connectivity index (χ0v) is 20.1. The largest absolute Gasteiger partial charge is 0.348 e. The standard InChI is InChI=1S/C19H22Cl2N4O3S2/c1-18(2)6-10(7-19(3,4)24-18)23-16(26)14-5-13(25(27)28)17(29-14)30-15-11(20)8-22-9-12(15)21/h5,8-10,24H,6-7H2,1-4H3,(H,23,26). The van der Waals surface area contributed by atoms with Crippen molar-refractivity contribution >= 4 is 57.9 Å². The maximum atomic E-state index is 12.9. The third-order valence-corrected chi connectivity index (χ3v) is 7.88. The van der Waals surface area contributed by atoms with E-state index in [1.165, 1.54) is 18.5 Å². The molecule has 7 nitrogen and oxygen atoms in total. The number of hydrogen-bond donors (Lipinski definition) is 2. The summed E-state index contributed by atoms with van der Waals surface area (Å²) in [5.74, 6) is -0.319. The van der Waals surface area contributed by atoms with Gasteiger partial charge in [-0.3, -0.25) is 19.9 Å². The van der Waals surface area contributed by atoms with Crippen molar-refractivity contribution in [3.63, 3.8) is 0 Å². The van der Waals surface area contributed by atoms with Crippen molar-refractivity contribution in [3.05, 3.63) is 43.5 Å². The summed E-state index contributed by atoms with van der Waals surface area (Å²) in [6.45, 7) is 8.39. The Morgan fingerprint density at radius 3 is 2.37 bits per heavy atom. The molecule has 0 saturated carbocycles. The maximum Gasteiger partial charge on any atom is 0.294 e. The first-order valence-corrected chi connectivity index (χ1v) is 11.6. The minimum absolute atomic E-state index is 0.0369. The van der Waals surface area contributed by atoms with Gasteiger partial charge in [0.15, 0.2) is 0 Å². The molecule has 2 aromatic heterocycles. The molecule has 0 aliphatic carbocycles. The van der Waals surface area contributed by atoms with Crippen LogP contribution in [0.2, 0.25) is 10.0 Å². The van der Waals surface area contributed by atoms with Crippen molar-refractivity contribution in [1.82, 2.24) is 15.6 Å². The second kappa shape index (κ2) is 8.63. The number of nitro groups is 1. The zero-order valence-electron chi connectivity index (χ0n) is 16.9. The summed E-state index contributed by atoms with van der Waals surface area (Å²) in [5.41, 5.74) is -0.404. The molecule has 11 heteroatoms. The molecule has 0 atom stereocenters. The van der Waals surface area contributed by atoms with Crippen LogP contribution in [-0.2, 0) is 0 Å². The molecule has 0 unspecified atom stereocenters. The Bertz CT molecular complexity index is 958. The molecule has 0 aromatic carbocycles. The maximum absolute atomic E-state index is 12.9. The molecule has 1 aliphatic heterocycles. The Kier molecular flexibility index (Phi) is 6.69. The summed E-state index contributed by atoms with van der Waals surface area (Å²) >= 11 is 14.4. The van der Waals surface area contributed by atoms with E-state index in [2.05, 4.69) is 43.3 Å². The van der Waals surface area contributed by atoms with E-state index >= 15 is 0 Å². The fraction of sp³-hybridized carbons (Fsp3) is 0.474. The van der Waals surface area contributed by atoms with Crippen LogP contribution in [0.1, 0.15) is 50.2 Å². The van der Waals surface area contributed by atoms with E-state index in [4.69, 9.17) is 23.2 Å². The highest BCUT2D eigenvalue weighted by atomic mass is 35.5. The molecular formula is C19H22Cl2N4O3S2. The van der Waals surface area contributed by atoms with Crippen LogP contribution < -0.4 is 10.6 Å². The Morgan fingerprint density at radius 1 is 1.27 bits per heavy atom. The molecule has 1 saturated heterocycles. The number of carbonyl (C=O) groups excluding carboxylic acids is 1. The molecule has 30 heavy (non-hydrogen) atoms. The Balaban J connectivity index is 1.84. The normalized spacial score (nSPS) is 18.2. The number of amides is 1. The summed E-state index contributed by atoms with van der Waals surface area (Å²) in [6, 6.07) is 1.27. The highest BCUT2D eigenvalue weighted by Crippen LogP contribution is 2.45. The average Bonchev–Trinajstić information content (AvgIpc) is 3.00. The highest BCUT2D eigenvalue weighted by Gasteiger charge is 2.38. The van der Waals surface area contributed by atoms with Crippen molar-refractivity contribution in [2.24, 2.45) is 0 Å². The SMILES string of the molecule is CC1(C)CC(NC(=O)c2cc([N+](=O)[O-])c(Sc3c(Cl)cncc3Cl)s2)CC(C)(C)N1. The summed E-state index contributed by atoms with van der Waals surface area (Å²) in [4.78, 5) is 28.6. The van der Waals surface area contributed by atoms with E-state index < -0.39 is 4.92 Å². The van der Waals surface area contributed by atoms with Gasteiger partial charge in [-0.1, -0.05) is 35.0 Å². The second-order valence-corrected chi connectivity index (χ2v) is 11.7. The number of aromatic nitrogens is 1. The van der Waals surface area contributed by atoms with Gasteiger partial charge in [-0.05, 0) is 40.5 Å². The van der Waals surface area contributed by atoms with Crippen molar-refractivity contribution in [2.45, 2.75) is 66.8 Å². The van der Waals surface area contributed by atoms with Gasteiger partial charge >= 0.3 is 0 Å². The van der Waals surface area contributed by atoms with Crippen LogP contribution in [-0.4, -0.2) is 32.9 Å². The zero-order chi connectivity index (χ0) is 22.3. The number of piperidine rings is 1. The average molecular weight is 489 g/mol. The molecule has 1 amide bonds. The number of rotatable bonds is 5. The summed E-state index contributed by atoms with van der Waals surface area (Å²) in [6.07, 6.45) is 4.37. The van der Waals surface area contributed by atoms with Gasteiger partial charge in [0, 0.05) is 35.6 Å². The Labute approximate surface area is 193 Å². The molecule has 3 heterocycles. The lowest BCUT2D eigenvalue weighted by atomic mass is 9.79. The number of nitrogens with zero attached hydrogens (tertiary/aromatic N) is 2. The predicted octanol–water partition coefficient (Wildman–Crippen LogP) is 5.55. The fourth-order valence-corrected chi connectivity index (χ4v) is 6.71. The van der Waals surface area contributed by atoms with E-state index in [0.29, 0.717) is 19.1 Å². The summed E-state index contributed by atoms with van der Waals surface area (Å²) in [7, 11) is 0. The molecule has 1 aliphatic rings. The van der Waals surface area contributed by atoms with Crippen LogP contribution >= 0.6 is 46.3 Å². The highest BCUT2D eigenvalue weighted by molar-refractivity contribution is 8.01. The lowest BCUT2D eigenvalue weighted by molar-refractivity contribution is -0.387. The van der Waals surface area contributed by atoms with Crippen molar-refractivity contribution in [2.75, 3.05) is 0 Å². The van der Waals surface area contributed by atoms with E-state index in [-0.39, 0.29) is 33.6 Å². The van der Waals surface area contributed by atoms with Crippen LogP contribution in [0, 0.1) is 10.1 Å². The molecule has 162 valence electrons. The number of pyridine rings is 1. The van der Waals surface area contributed by atoms with Gasteiger partial charge in [0.05, 0.1) is 19.9 Å². The molecule has 0 radical (unpaired) electrons. The van der Waals surface area contributed by atoms with Gasteiger partial charge in [0.1, 0.15) is 9.09 Å². The van der Waals surface area contributed by atoms with E-state index in [0.717, 1.165) is 35.9 Å². The van der Waals surface area contributed by atoms with Crippen molar-refractivity contribution in [3.8, 4) is 0 Å². The quantitative estimate of drug-likeness (QED) is 0.422. The minimum atomic E-state index is -0.505. The number of hydrogen-bond acceptors (Lipinski definition) is 7. The van der Waals surface area contributed by atoms with Crippen LogP contribution in [0.4, 0.5) is 5.69 Å². The van der Waals surface area contributed by atoms with Gasteiger partial charge in [0.25, 0.3) is 11.6 Å². The lowest BCUT2D eigenvalue weighted by Gasteiger charge is -2.46. The van der Waals surface area contributed by atoms with Gasteiger partial charge in [-0.15, -0.1) is 11.3 Å². The van der Waals surface area contributed by atoms with E-state index in [1.807, 2.05) is 0 Å². The van der Waals surface area contributed by atoms with Crippen molar-refractivity contribution in [1.29, 1.82) is 0 Å². The molecule has 2 N–H and O–H groups in total. The van der Waals surface area contributed by atoms with Gasteiger partial charge in [-0.25, -0.2) is 0 Å². The molecule has 1 fully saturated rings. The first kappa shape index (κ1) is 23.3. The molecule has 3 rings (SSSR count). The Morgan fingerprint density at radius 2 is 1.83 bits per heavy atom. The molecule has 0 bridgehead atoms. The number of nitrogens with one attached hydrogen (secondary N) is 2. The lowest BCUT2D eigenvalue weighted by Crippen LogP contribution is -2.62. The van der Waals surface area contributed by atoms with Gasteiger partial charge in [-0.2, -0.15) is 0 Å². The molecule has 2 aromatic rings.